The van der Waals surface area contributed by atoms with Crippen LogP contribution in [0.5, 0.6) is 0 Å². The van der Waals surface area contributed by atoms with Gasteiger partial charge >= 0.3 is 0 Å². The van der Waals surface area contributed by atoms with Gasteiger partial charge in [0, 0.05) is 10.5 Å². The van der Waals surface area contributed by atoms with Gasteiger partial charge < -0.3 is 5.32 Å². The highest BCUT2D eigenvalue weighted by atomic mass is 79.9. The van der Waals surface area contributed by atoms with Gasteiger partial charge in [0.15, 0.2) is 0 Å². The van der Waals surface area contributed by atoms with Crippen LogP contribution >= 0.6 is 39.1 Å². The first-order valence-electron chi connectivity index (χ1n) is 5.98. The molecule has 4 heteroatoms. The smallest absolute Gasteiger partial charge is 0.0835 e. The molecule has 0 amide bonds. The Morgan fingerprint density at radius 1 is 1.24 bits per heavy atom. The number of hydrogen-bond acceptors (Lipinski definition) is 1. The Morgan fingerprint density at radius 2 is 2.00 bits per heavy atom. The van der Waals surface area contributed by atoms with E-state index in [1.807, 2.05) is 12.1 Å². The van der Waals surface area contributed by atoms with E-state index < -0.39 is 0 Å². The van der Waals surface area contributed by atoms with E-state index in [0.29, 0.717) is 16.1 Å². The molecule has 2 rings (SSSR count). The Bertz CT molecular complexity index is 409. The molecule has 1 aliphatic rings. The molecule has 0 heterocycles. The summed E-state index contributed by atoms with van der Waals surface area (Å²) in [7, 11) is 0. The van der Waals surface area contributed by atoms with E-state index in [-0.39, 0.29) is 0 Å². The van der Waals surface area contributed by atoms with E-state index >= 15 is 0 Å². The molecule has 1 aliphatic carbocycles. The van der Waals surface area contributed by atoms with E-state index in [4.69, 9.17) is 23.2 Å². The predicted octanol–water partition coefficient (Wildman–Crippen LogP) is 5.75. The summed E-state index contributed by atoms with van der Waals surface area (Å²) in [4.78, 5) is 0. The van der Waals surface area contributed by atoms with E-state index in [0.717, 1.165) is 16.1 Å². The second-order valence-electron chi connectivity index (χ2n) is 4.84. The highest BCUT2D eigenvalue weighted by Crippen LogP contribution is 2.37. The minimum atomic E-state index is 0.522. The number of rotatable bonds is 2. The van der Waals surface area contributed by atoms with Crippen LogP contribution in [0.4, 0.5) is 5.69 Å². The first-order chi connectivity index (χ1) is 8.08. The van der Waals surface area contributed by atoms with Crippen molar-refractivity contribution < 1.29 is 0 Å². The normalized spacial score (nSPS) is 24.7. The van der Waals surface area contributed by atoms with E-state index in [2.05, 4.69) is 28.2 Å². The largest absolute Gasteiger partial charge is 0.381 e. The first-order valence-corrected chi connectivity index (χ1v) is 7.53. The fourth-order valence-corrected chi connectivity index (χ4v) is 3.25. The Kier molecular flexibility index (Phi) is 4.62. The SMILES string of the molecule is CC1CCCC(Nc2ccc(Br)c(Cl)c2Cl)C1. The zero-order valence-corrected chi connectivity index (χ0v) is 12.9. The maximum atomic E-state index is 6.23. The molecule has 1 aromatic rings. The van der Waals surface area contributed by atoms with Gasteiger partial charge in [-0.05, 0) is 46.8 Å². The topological polar surface area (TPSA) is 12.0 Å². The molecule has 17 heavy (non-hydrogen) atoms. The second-order valence-corrected chi connectivity index (χ2v) is 6.45. The molecule has 0 aromatic heterocycles. The molecular formula is C13H16BrCl2N. The third kappa shape index (κ3) is 3.30. The van der Waals surface area contributed by atoms with Crippen LogP contribution in [-0.4, -0.2) is 6.04 Å². The van der Waals surface area contributed by atoms with Crippen LogP contribution in [0.25, 0.3) is 0 Å². The number of halogens is 3. The Balaban J connectivity index is 2.10. The van der Waals surface area contributed by atoms with Gasteiger partial charge in [-0.15, -0.1) is 0 Å². The molecule has 1 saturated carbocycles. The van der Waals surface area contributed by atoms with E-state index in [1.165, 1.54) is 25.7 Å². The molecule has 1 aromatic carbocycles. The van der Waals surface area contributed by atoms with Crippen molar-refractivity contribution in [2.45, 2.75) is 38.6 Å². The summed E-state index contributed by atoms with van der Waals surface area (Å²) >= 11 is 15.7. The fraction of sp³-hybridized carbons (Fsp3) is 0.538. The van der Waals surface area contributed by atoms with Crippen LogP contribution in [-0.2, 0) is 0 Å². The Labute approximate surface area is 121 Å². The third-order valence-corrected chi connectivity index (χ3v) is 5.10. The molecule has 2 atom stereocenters. The predicted molar refractivity (Wildman–Crippen MR) is 79.2 cm³/mol. The van der Waals surface area contributed by atoms with Gasteiger partial charge in [0.2, 0.25) is 0 Å². The van der Waals surface area contributed by atoms with Crippen LogP contribution in [0.1, 0.15) is 32.6 Å². The monoisotopic (exact) mass is 335 g/mol. The highest BCUT2D eigenvalue weighted by molar-refractivity contribution is 9.10. The van der Waals surface area contributed by atoms with Gasteiger partial charge in [-0.2, -0.15) is 0 Å². The van der Waals surface area contributed by atoms with Crippen LogP contribution in [0.15, 0.2) is 16.6 Å². The minimum Gasteiger partial charge on any atom is -0.381 e. The molecule has 0 radical (unpaired) electrons. The molecular weight excluding hydrogens is 321 g/mol. The van der Waals surface area contributed by atoms with Crippen molar-refractivity contribution in [2.75, 3.05) is 5.32 Å². The van der Waals surface area contributed by atoms with Gasteiger partial charge in [-0.3, -0.25) is 0 Å². The summed E-state index contributed by atoms with van der Waals surface area (Å²) < 4.78 is 0.840. The summed E-state index contributed by atoms with van der Waals surface area (Å²) in [5.74, 6) is 0.797. The zero-order chi connectivity index (χ0) is 12.4. The number of hydrogen-bond donors (Lipinski definition) is 1. The summed E-state index contributed by atoms with van der Waals surface area (Å²) in [5.41, 5.74) is 0.943. The maximum absolute atomic E-state index is 6.23. The summed E-state index contributed by atoms with van der Waals surface area (Å²) in [6.45, 7) is 2.31. The second kappa shape index (κ2) is 5.81. The highest BCUT2D eigenvalue weighted by Gasteiger charge is 2.20. The van der Waals surface area contributed by atoms with Crippen molar-refractivity contribution in [3.05, 3.63) is 26.7 Å². The van der Waals surface area contributed by atoms with Crippen molar-refractivity contribution in [1.29, 1.82) is 0 Å². The molecule has 1 N–H and O–H groups in total. The lowest BCUT2D eigenvalue weighted by molar-refractivity contribution is 0.358. The molecule has 94 valence electrons. The van der Waals surface area contributed by atoms with Crippen LogP contribution < -0.4 is 5.32 Å². The minimum absolute atomic E-state index is 0.522. The van der Waals surface area contributed by atoms with Gasteiger partial charge in [0.05, 0.1) is 15.7 Å². The van der Waals surface area contributed by atoms with Gasteiger partial charge in [-0.25, -0.2) is 0 Å². The molecule has 1 fully saturated rings. The van der Waals surface area contributed by atoms with Crippen LogP contribution in [0.3, 0.4) is 0 Å². The standard InChI is InChI=1S/C13H16BrCl2N/c1-8-3-2-4-9(7-8)17-11-6-5-10(14)12(15)13(11)16/h5-6,8-9,17H,2-4,7H2,1H3. The Hall–Kier alpha value is 0.0800. The van der Waals surface area contributed by atoms with Gasteiger partial charge in [0.25, 0.3) is 0 Å². The summed E-state index contributed by atoms with van der Waals surface area (Å²) in [5, 5.41) is 4.70. The molecule has 2 unspecified atom stereocenters. The molecule has 0 bridgehead atoms. The maximum Gasteiger partial charge on any atom is 0.0835 e. The van der Waals surface area contributed by atoms with Crippen LogP contribution in [0, 0.1) is 5.92 Å². The molecule has 0 aliphatic heterocycles. The van der Waals surface area contributed by atoms with Crippen molar-refractivity contribution in [2.24, 2.45) is 5.92 Å². The van der Waals surface area contributed by atoms with Gasteiger partial charge in [0.1, 0.15) is 0 Å². The quantitative estimate of drug-likeness (QED) is 0.678. The summed E-state index contributed by atoms with van der Waals surface area (Å²) in [6.07, 6.45) is 5.06. The van der Waals surface area contributed by atoms with Crippen molar-refractivity contribution in [3.8, 4) is 0 Å². The van der Waals surface area contributed by atoms with Crippen molar-refractivity contribution in [3.63, 3.8) is 0 Å². The van der Waals surface area contributed by atoms with E-state index in [9.17, 15) is 0 Å². The van der Waals surface area contributed by atoms with Crippen molar-refractivity contribution >= 4 is 44.8 Å². The summed E-state index contributed by atoms with van der Waals surface area (Å²) in [6, 6.07) is 4.44. The lowest BCUT2D eigenvalue weighted by atomic mass is 9.87. The average molecular weight is 337 g/mol. The molecule has 0 saturated heterocycles. The third-order valence-electron chi connectivity index (χ3n) is 3.33. The Morgan fingerprint density at radius 3 is 2.71 bits per heavy atom. The number of anilines is 1. The lowest BCUT2D eigenvalue weighted by Gasteiger charge is -2.28. The number of benzene rings is 1. The average Bonchev–Trinajstić information content (AvgIpc) is 2.30. The molecule has 1 nitrogen and oxygen atoms in total. The molecule has 0 spiro atoms. The van der Waals surface area contributed by atoms with E-state index in [1.54, 1.807) is 0 Å². The first kappa shape index (κ1) is 13.5. The zero-order valence-electron chi connectivity index (χ0n) is 9.77. The van der Waals surface area contributed by atoms with Crippen molar-refractivity contribution in [1.82, 2.24) is 0 Å². The van der Waals surface area contributed by atoms with Crippen LogP contribution in [0.2, 0.25) is 10.0 Å². The number of nitrogens with one attached hydrogen (secondary N) is 1. The van der Waals surface area contributed by atoms with Gasteiger partial charge in [-0.1, -0.05) is 43.0 Å². The fourth-order valence-electron chi connectivity index (χ4n) is 2.42. The lowest BCUT2D eigenvalue weighted by Crippen LogP contribution is -2.26.